The van der Waals surface area contributed by atoms with Crippen LogP contribution in [0.5, 0.6) is 0 Å². The smallest absolute Gasteiger partial charge is 0.270 e. The van der Waals surface area contributed by atoms with Gasteiger partial charge in [0.25, 0.3) is 5.91 Å². The molecular weight excluding hydrogens is 344 g/mol. The van der Waals surface area contributed by atoms with Crippen LogP contribution < -0.4 is 10.6 Å². The molecule has 1 aromatic heterocycles. The Labute approximate surface area is 138 Å². The van der Waals surface area contributed by atoms with E-state index in [1.54, 1.807) is 13.0 Å². The van der Waals surface area contributed by atoms with Crippen molar-refractivity contribution in [2.24, 2.45) is 0 Å². The molecule has 0 saturated carbocycles. The highest BCUT2D eigenvalue weighted by atomic mass is 79.9. The normalized spacial score (nSPS) is 10.6. The Balaban J connectivity index is 2.28. The van der Waals surface area contributed by atoms with E-state index in [1.807, 2.05) is 39.0 Å². The van der Waals surface area contributed by atoms with Crippen LogP contribution in [0.4, 0.5) is 11.5 Å². The number of aryl methyl sites for hydroxylation is 2. The summed E-state index contributed by atoms with van der Waals surface area (Å²) < 4.78 is 1.02. The van der Waals surface area contributed by atoms with E-state index in [-0.39, 0.29) is 11.9 Å². The largest absolute Gasteiger partial charge is 0.349 e. The molecule has 0 aliphatic heterocycles. The molecule has 1 amide bonds. The molecule has 2 N–H and O–H groups in total. The summed E-state index contributed by atoms with van der Waals surface area (Å²) in [6.07, 6.45) is 0. The van der Waals surface area contributed by atoms with Crippen molar-refractivity contribution in [3.8, 4) is 0 Å². The first-order chi connectivity index (χ1) is 10.3. The molecule has 0 radical (unpaired) electrons. The Morgan fingerprint density at radius 1 is 1.18 bits per heavy atom. The van der Waals surface area contributed by atoms with Gasteiger partial charge >= 0.3 is 0 Å². The van der Waals surface area contributed by atoms with E-state index in [0.29, 0.717) is 17.3 Å². The predicted octanol–water partition coefficient (Wildman–Crippen LogP) is 3.74. The van der Waals surface area contributed by atoms with Crippen LogP contribution in [0.25, 0.3) is 0 Å². The molecule has 5 nitrogen and oxygen atoms in total. The van der Waals surface area contributed by atoms with Gasteiger partial charge in [-0.05, 0) is 51.5 Å². The first-order valence-electron chi connectivity index (χ1n) is 7.05. The van der Waals surface area contributed by atoms with Crippen LogP contribution in [0, 0.1) is 13.8 Å². The summed E-state index contributed by atoms with van der Waals surface area (Å²) in [4.78, 5) is 20.6. The van der Waals surface area contributed by atoms with Crippen molar-refractivity contribution < 1.29 is 4.79 Å². The highest BCUT2D eigenvalue weighted by Crippen LogP contribution is 2.23. The average Bonchev–Trinajstić information content (AvgIpc) is 2.40. The second-order valence-corrected chi connectivity index (χ2v) is 6.31. The molecule has 116 valence electrons. The monoisotopic (exact) mass is 362 g/mol. The van der Waals surface area contributed by atoms with Crippen LogP contribution in [0.1, 0.15) is 35.7 Å². The summed E-state index contributed by atoms with van der Waals surface area (Å²) in [5.41, 5.74) is 2.38. The molecule has 1 heterocycles. The number of rotatable bonds is 4. The number of carbonyl (C=O) groups excluding carboxylic acids is 1. The van der Waals surface area contributed by atoms with E-state index in [1.165, 1.54) is 0 Å². The number of aromatic nitrogens is 2. The third kappa shape index (κ3) is 4.27. The van der Waals surface area contributed by atoms with E-state index < -0.39 is 0 Å². The fourth-order valence-electron chi connectivity index (χ4n) is 1.99. The molecule has 2 aromatic rings. The average molecular weight is 363 g/mol. The molecule has 0 atom stereocenters. The van der Waals surface area contributed by atoms with Crippen molar-refractivity contribution in [3.63, 3.8) is 0 Å². The maximum atomic E-state index is 12.1. The third-order valence-electron chi connectivity index (χ3n) is 2.94. The number of hydrogen-bond acceptors (Lipinski definition) is 4. The zero-order chi connectivity index (χ0) is 16.3. The summed E-state index contributed by atoms with van der Waals surface area (Å²) in [5.74, 6) is 0.955. The Morgan fingerprint density at radius 3 is 2.55 bits per heavy atom. The number of amides is 1. The van der Waals surface area contributed by atoms with Gasteiger partial charge in [0.1, 0.15) is 17.3 Å². The molecule has 0 bridgehead atoms. The van der Waals surface area contributed by atoms with Crippen molar-refractivity contribution >= 4 is 33.3 Å². The summed E-state index contributed by atoms with van der Waals surface area (Å²) >= 11 is 3.44. The van der Waals surface area contributed by atoms with Crippen LogP contribution >= 0.6 is 15.9 Å². The van der Waals surface area contributed by atoms with E-state index in [0.717, 1.165) is 15.7 Å². The quantitative estimate of drug-likeness (QED) is 0.869. The van der Waals surface area contributed by atoms with Crippen LogP contribution in [-0.4, -0.2) is 21.9 Å². The van der Waals surface area contributed by atoms with Crippen LogP contribution in [0.2, 0.25) is 0 Å². The minimum absolute atomic E-state index is 0.0629. The second kappa shape index (κ2) is 6.87. The lowest BCUT2D eigenvalue weighted by atomic mass is 10.2. The van der Waals surface area contributed by atoms with Gasteiger partial charge in [0.05, 0.1) is 0 Å². The molecule has 1 aromatic carbocycles. The Bertz CT molecular complexity index is 701. The van der Waals surface area contributed by atoms with Gasteiger partial charge in [-0.3, -0.25) is 4.79 Å². The van der Waals surface area contributed by atoms with Gasteiger partial charge in [0.15, 0.2) is 0 Å². The second-order valence-electron chi connectivity index (χ2n) is 5.40. The van der Waals surface area contributed by atoms with Gasteiger partial charge in [-0.1, -0.05) is 15.9 Å². The highest BCUT2D eigenvalue weighted by Gasteiger charge is 2.12. The summed E-state index contributed by atoms with van der Waals surface area (Å²) in [5, 5.41) is 6.07. The first-order valence-corrected chi connectivity index (χ1v) is 7.84. The highest BCUT2D eigenvalue weighted by molar-refractivity contribution is 9.10. The predicted molar refractivity (Wildman–Crippen MR) is 91.5 cm³/mol. The van der Waals surface area contributed by atoms with E-state index >= 15 is 0 Å². The first kappa shape index (κ1) is 16.4. The topological polar surface area (TPSA) is 66.9 Å². The minimum atomic E-state index is -0.198. The van der Waals surface area contributed by atoms with Crippen LogP contribution in [-0.2, 0) is 0 Å². The Morgan fingerprint density at radius 2 is 1.91 bits per heavy atom. The molecule has 0 fully saturated rings. The standard InChI is InChI=1S/C16H19BrN4O/c1-9(2)18-16(22)14-8-15(20-11(4)19-14)21-13-6-5-12(17)7-10(13)3/h5-9H,1-4H3,(H,18,22)(H,19,20,21). The molecule has 2 rings (SSSR count). The zero-order valence-electron chi connectivity index (χ0n) is 13.1. The third-order valence-corrected chi connectivity index (χ3v) is 3.43. The lowest BCUT2D eigenvalue weighted by Crippen LogP contribution is -2.31. The van der Waals surface area contributed by atoms with Crippen molar-refractivity contribution in [3.05, 3.63) is 45.8 Å². The van der Waals surface area contributed by atoms with Gasteiger partial charge in [0.2, 0.25) is 0 Å². The van der Waals surface area contributed by atoms with Gasteiger partial charge in [-0.15, -0.1) is 0 Å². The van der Waals surface area contributed by atoms with E-state index in [9.17, 15) is 4.79 Å². The number of anilines is 2. The Kier molecular flexibility index (Phi) is 5.13. The molecular formula is C16H19BrN4O. The Hall–Kier alpha value is -1.95. The van der Waals surface area contributed by atoms with Crippen LogP contribution in [0.3, 0.4) is 0 Å². The summed E-state index contributed by atoms with van der Waals surface area (Å²) in [7, 11) is 0. The van der Waals surface area contributed by atoms with Crippen LogP contribution in [0.15, 0.2) is 28.7 Å². The molecule has 0 saturated heterocycles. The minimum Gasteiger partial charge on any atom is -0.349 e. The summed E-state index contributed by atoms with van der Waals surface area (Å²) in [6, 6.07) is 7.66. The summed E-state index contributed by atoms with van der Waals surface area (Å²) in [6.45, 7) is 7.60. The molecule has 0 aliphatic rings. The van der Waals surface area contributed by atoms with Gasteiger partial charge in [0, 0.05) is 22.3 Å². The molecule has 0 spiro atoms. The fraction of sp³-hybridized carbons (Fsp3) is 0.312. The van der Waals surface area contributed by atoms with Gasteiger partial charge in [-0.25, -0.2) is 9.97 Å². The number of carbonyl (C=O) groups is 1. The van der Waals surface area contributed by atoms with Crippen molar-refractivity contribution in [2.45, 2.75) is 33.7 Å². The SMILES string of the molecule is Cc1nc(Nc2ccc(Br)cc2C)cc(C(=O)NC(C)C)n1. The number of nitrogens with zero attached hydrogens (tertiary/aromatic N) is 2. The molecule has 22 heavy (non-hydrogen) atoms. The number of hydrogen-bond donors (Lipinski definition) is 2. The van der Waals surface area contributed by atoms with Gasteiger partial charge < -0.3 is 10.6 Å². The van der Waals surface area contributed by atoms with Gasteiger partial charge in [-0.2, -0.15) is 0 Å². The molecule has 0 aliphatic carbocycles. The van der Waals surface area contributed by atoms with E-state index in [2.05, 4.69) is 36.5 Å². The molecule has 0 unspecified atom stereocenters. The lowest BCUT2D eigenvalue weighted by molar-refractivity contribution is 0.0937. The number of benzene rings is 1. The maximum Gasteiger partial charge on any atom is 0.270 e. The zero-order valence-corrected chi connectivity index (χ0v) is 14.7. The fourth-order valence-corrected chi connectivity index (χ4v) is 2.47. The number of halogens is 1. The van der Waals surface area contributed by atoms with Crippen molar-refractivity contribution in [2.75, 3.05) is 5.32 Å². The number of nitrogens with one attached hydrogen (secondary N) is 2. The molecule has 6 heteroatoms. The van der Waals surface area contributed by atoms with Crippen molar-refractivity contribution in [1.82, 2.24) is 15.3 Å². The van der Waals surface area contributed by atoms with E-state index in [4.69, 9.17) is 0 Å². The maximum absolute atomic E-state index is 12.1. The van der Waals surface area contributed by atoms with Crippen molar-refractivity contribution in [1.29, 1.82) is 0 Å². The lowest BCUT2D eigenvalue weighted by Gasteiger charge is -2.12.